The second-order valence-electron chi connectivity index (χ2n) is 4.32. The van der Waals surface area contributed by atoms with Crippen LogP contribution >= 0.6 is 11.3 Å². The van der Waals surface area contributed by atoms with E-state index in [1.54, 1.807) is 0 Å². The SMILES string of the molecule is CC(C)N1CC(N)CC1c1cccs1. The fraction of sp³-hybridized carbons (Fsp3) is 0.636. The molecule has 1 fully saturated rings. The van der Waals surface area contributed by atoms with Crippen LogP contribution in [-0.4, -0.2) is 23.5 Å². The Morgan fingerprint density at radius 3 is 2.93 bits per heavy atom. The Bertz CT molecular complexity index is 281. The van der Waals surface area contributed by atoms with Gasteiger partial charge in [-0.1, -0.05) is 6.07 Å². The molecule has 14 heavy (non-hydrogen) atoms. The average Bonchev–Trinajstić information content (AvgIpc) is 2.70. The van der Waals surface area contributed by atoms with Crippen molar-refractivity contribution in [2.75, 3.05) is 6.54 Å². The van der Waals surface area contributed by atoms with E-state index in [1.165, 1.54) is 4.88 Å². The molecular weight excluding hydrogens is 192 g/mol. The maximum Gasteiger partial charge on any atom is 0.0460 e. The number of hydrogen-bond acceptors (Lipinski definition) is 3. The number of nitrogens with zero attached hydrogens (tertiary/aromatic N) is 1. The number of likely N-dealkylation sites (tertiary alicyclic amines) is 1. The van der Waals surface area contributed by atoms with Crippen LogP contribution in [0.25, 0.3) is 0 Å². The molecule has 0 aromatic carbocycles. The Morgan fingerprint density at radius 2 is 2.36 bits per heavy atom. The van der Waals surface area contributed by atoms with Crippen molar-refractivity contribution < 1.29 is 0 Å². The molecule has 2 heterocycles. The molecule has 1 saturated heterocycles. The van der Waals surface area contributed by atoms with Crippen molar-refractivity contribution in [3.63, 3.8) is 0 Å². The lowest BCUT2D eigenvalue weighted by Crippen LogP contribution is -2.32. The number of hydrogen-bond donors (Lipinski definition) is 1. The highest BCUT2D eigenvalue weighted by molar-refractivity contribution is 7.10. The molecule has 3 heteroatoms. The molecule has 0 amide bonds. The molecule has 1 aliphatic rings. The summed E-state index contributed by atoms with van der Waals surface area (Å²) in [5.41, 5.74) is 6.02. The summed E-state index contributed by atoms with van der Waals surface area (Å²) in [6, 6.07) is 5.86. The summed E-state index contributed by atoms with van der Waals surface area (Å²) in [6.07, 6.45) is 1.11. The third kappa shape index (κ3) is 1.85. The highest BCUT2D eigenvalue weighted by Crippen LogP contribution is 2.35. The molecule has 0 spiro atoms. The van der Waals surface area contributed by atoms with Crippen LogP contribution in [0.3, 0.4) is 0 Å². The van der Waals surface area contributed by atoms with Crippen LogP contribution in [0, 0.1) is 0 Å². The Labute approximate surface area is 89.7 Å². The van der Waals surface area contributed by atoms with Crippen molar-refractivity contribution in [1.29, 1.82) is 0 Å². The Balaban J connectivity index is 2.17. The predicted molar refractivity (Wildman–Crippen MR) is 61.5 cm³/mol. The van der Waals surface area contributed by atoms with Gasteiger partial charge in [-0.25, -0.2) is 0 Å². The Morgan fingerprint density at radius 1 is 1.57 bits per heavy atom. The molecule has 0 aliphatic carbocycles. The van der Waals surface area contributed by atoms with Crippen molar-refractivity contribution in [3.05, 3.63) is 22.4 Å². The van der Waals surface area contributed by atoms with Crippen LogP contribution in [0.2, 0.25) is 0 Å². The van der Waals surface area contributed by atoms with Gasteiger partial charge >= 0.3 is 0 Å². The lowest BCUT2D eigenvalue weighted by atomic mass is 10.1. The maximum absolute atomic E-state index is 6.02. The minimum absolute atomic E-state index is 0.351. The molecule has 2 rings (SSSR count). The quantitative estimate of drug-likeness (QED) is 0.811. The first-order valence-electron chi connectivity index (χ1n) is 5.23. The van der Waals surface area contributed by atoms with Gasteiger partial charge in [-0.05, 0) is 31.7 Å². The van der Waals surface area contributed by atoms with Gasteiger partial charge in [0.15, 0.2) is 0 Å². The van der Waals surface area contributed by atoms with E-state index in [2.05, 4.69) is 36.3 Å². The van der Waals surface area contributed by atoms with Crippen LogP contribution < -0.4 is 5.73 Å². The van der Waals surface area contributed by atoms with Gasteiger partial charge in [0.05, 0.1) is 0 Å². The molecule has 0 saturated carbocycles. The zero-order valence-electron chi connectivity index (χ0n) is 8.81. The van der Waals surface area contributed by atoms with E-state index in [-0.39, 0.29) is 0 Å². The number of rotatable bonds is 2. The van der Waals surface area contributed by atoms with E-state index in [0.29, 0.717) is 18.1 Å². The summed E-state index contributed by atoms with van der Waals surface area (Å²) in [5.74, 6) is 0. The van der Waals surface area contributed by atoms with Gasteiger partial charge in [-0.3, -0.25) is 4.90 Å². The van der Waals surface area contributed by atoms with E-state index in [9.17, 15) is 0 Å². The van der Waals surface area contributed by atoms with Crippen molar-refractivity contribution in [2.45, 2.75) is 38.4 Å². The van der Waals surface area contributed by atoms with Crippen LogP contribution in [0.4, 0.5) is 0 Å². The maximum atomic E-state index is 6.02. The van der Waals surface area contributed by atoms with Gasteiger partial charge < -0.3 is 5.73 Å². The lowest BCUT2D eigenvalue weighted by molar-refractivity contribution is 0.207. The normalized spacial score (nSPS) is 28.9. The molecule has 2 atom stereocenters. The van der Waals surface area contributed by atoms with Gasteiger partial charge in [0.2, 0.25) is 0 Å². The monoisotopic (exact) mass is 210 g/mol. The van der Waals surface area contributed by atoms with Crippen LogP contribution in [0.15, 0.2) is 17.5 Å². The number of thiophene rings is 1. The molecular formula is C11H18N2S. The topological polar surface area (TPSA) is 29.3 Å². The smallest absolute Gasteiger partial charge is 0.0460 e. The van der Waals surface area contributed by atoms with E-state index in [1.807, 2.05) is 11.3 Å². The first kappa shape index (κ1) is 10.1. The van der Waals surface area contributed by atoms with Gasteiger partial charge in [-0.2, -0.15) is 0 Å². The van der Waals surface area contributed by atoms with Crippen molar-refractivity contribution >= 4 is 11.3 Å². The summed E-state index contributed by atoms with van der Waals surface area (Å²) in [6.45, 7) is 5.54. The second-order valence-corrected chi connectivity index (χ2v) is 5.30. The molecule has 0 bridgehead atoms. The van der Waals surface area contributed by atoms with Crippen molar-refractivity contribution in [3.8, 4) is 0 Å². The van der Waals surface area contributed by atoms with Crippen LogP contribution in [0.1, 0.15) is 31.2 Å². The minimum atomic E-state index is 0.351. The largest absolute Gasteiger partial charge is 0.326 e. The zero-order valence-corrected chi connectivity index (χ0v) is 9.63. The van der Waals surface area contributed by atoms with E-state index >= 15 is 0 Å². The summed E-state index contributed by atoms with van der Waals surface area (Å²) in [5, 5.41) is 2.15. The predicted octanol–water partition coefficient (Wildman–Crippen LogP) is 2.23. The highest BCUT2D eigenvalue weighted by Gasteiger charge is 2.32. The molecule has 2 N–H and O–H groups in total. The number of nitrogens with two attached hydrogens (primary N) is 1. The van der Waals surface area contributed by atoms with E-state index in [0.717, 1.165) is 13.0 Å². The summed E-state index contributed by atoms with van der Waals surface area (Å²) >= 11 is 1.85. The zero-order chi connectivity index (χ0) is 10.1. The molecule has 1 aromatic heterocycles. The molecule has 1 aliphatic heterocycles. The Hall–Kier alpha value is -0.380. The first-order chi connectivity index (χ1) is 6.68. The lowest BCUT2D eigenvalue weighted by Gasteiger charge is -2.27. The fourth-order valence-corrected chi connectivity index (χ4v) is 3.09. The second kappa shape index (κ2) is 4.01. The van der Waals surface area contributed by atoms with E-state index < -0.39 is 0 Å². The summed E-state index contributed by atoms with van der Waals surface area (Å²) < 4.78 is 0. The Kier molecular flexibility index (Phi) is 2.91. The average molecular weight is 210 g/mol. The van der Waals surface area contributed by atoms with Crippen molar-refractivity contribution in [1.82, 2.24) is 4.90 Å². The van der Waals surface area contributed by atoms with Crippen LogP contribution in [0.5, 0.6) is 0 Å². The van der Waals surface area contributed by atoms with Gasteiger partial charge in [-0.15, -0.1) is 11.3 Å². The highest BCUT2D eigenvalue weighted by atomic mass is 32.1. The fourth-order valence-electron chi connectivity index (χ4n) is 2.23. The first-order valence-corrected chi connectivity index (χ1v) is 6.11. The molecule has 2 unspecified atom stereocenters. The van der Waals surface area contributed by atoms with Crippen molar-refractivity contribution in [2.24, 2.45) is 5.73 Å². The molecule has 78 valence electrons. The third-order valence-corrected chi connectivity index (χ3v) is 3.88. The molecule has 2 nitrogen and oxygen atoms in total. The third-order valence-electron chi connectivity index (χ3n) is 2.91. The van der Waals surface area contributed by atoms with Crippen LogP contribution in [-0.2, 0) is 0 Å². The molecule has 1 aromatic rings. The minimum Gasteiger partial charge on any atom is -0.326 e. The summed E-state index contributed by atoms with van der Waals surface area (Å²) in [7, 11) is 0. The van der Waals surface area contributed by atoms with Gasteiger partial charge in [0, 0.05) is 29.5 Å². The van der Waals surface area contributed by atoms with Gasteiger partial charge in [0.25, 0.3) is 0 Å². The van der Waals surface area contributed by atoms with Gasteiger partial charge in [0.1, 0.15) is 0 Å². The standard InChI is InChI=1S/C11H18N2S/c1-8(2)13-7-9(12)6-10(13)11-4-3-5-14-11/h3-5,8-10H,6-7,12H2,1-2H3. The van der Waals surface area contributed by atoms with E-state index in [4.69, 9.17) is 5.73 Å². The summed E-state index contributed by atoms with van der Waals surface area (Å²) in [4.78, 5) is 3.97. The molecule has 0 radical (unpaired) electrons.